The number of benzene rings is 1. The molecule has 2 rings (SSSR count). The van der Waals surface area contributed by atoms with E-state index in [2.05, 4.69) is 5.32 Å². The number of amides is 1. The van der Waals surface area contributed by atoms with Gasteiger partial charge in [-0.3, -0.25) is 9.59 Å². The predicted octanol–water partition coefficient (Wildman–Crippen LogP) is 3.41. The van der Waals surface area contributed by atoms with Gasteiger partial charge in [-0.2, -0.15) is 0 Å². The van der Waals surface area contributed by atoms with Gasteiger partial charge in [0.2, 0.25) is 5.91 Å². The fourth-order valence-electron chi connectivity index (χ4n) is 1.70. The van der Waals surface area contributed by atoms with Crippen molar-refractivity contribution in [3.63, 3.8) is 0 Å². The molecule has 1 aliphatic carbocycles. The number of carbonyl (C=O) groups excluding carboxylic acids is 2. The molecule has 1 aromatic carbocycles. The Balaban J connectivity index is 2.07. The van der Waals surface area contributed by atoms with Gasteiger partial charge >= 0.3 is 0 Å². The first-order valence-electron chi connectivity index (χ1n) is 5.56. The number of rotatable bonds is 3. The van der Waals surface area contributed by atoms with Crippen molar-refractivity contribution >= 4 is 40.6 Å². The summed E-state index contributed by atoms with van der Waals surface area (Å²) in [6.45, 7) is 3.22. The van der Waals surface area contributed by atoms with E-state index in [9.17, 15) is 9.59 Å². The Kier molecular flexibility index (Phi) is 3.16. The van der Waals surface area contributed by atoms with Crippen LogP contribution in [-0.2, 0) is 4.79 Å². The molecule has 1 atom stereocenters. The van der Waals surface area contributed by atoms with Gasteiger partial charge in [0.15, 0.2) is 5.78 Å². The number of halogens is 2. The fraction of sp³-hybridized carbons (Fsp3) is 0.385. The lowest BCUT2D eigenvalue weighted by Gasteiger charge is -2.12. The Morgan fingerprint density at radius 1 is 1.22 bits per heavy atom. The van der Waals surface area contributed by atoms with Crippen LogP contribution >= 0.6 is 23.2 Å². The molecule has 0 heterocycles. The summed E-state index contributed by atoms with van der Waals surface area (Å²) >= 11 is 11.9. The third kappa shape index (κ3) is 2.25. The minimum absolute atomic E-state index is 0.0115. The highest BCUT2D eigenvalue weighted by molar-refractivity contribution is 6.53. The van der Waals surface area contributed by atoms with Crippen LogP contribution < -0.4 is 5.32 Å². The van der Waals surface area contributed by atoms with Crippen molar-refractivity contribution in [2.75, 3.05) is 5.32 Å². The van der Waals surface area contributed by atoms with Gasteiger partial charge in [0, 0.05) is 11.3 Å². The monoisotopic (exact) mass is 285 g/mol. The standard InChI is InChI=1S/C13H13Cl2NO2/c1-8(17)9-3-5-10(6-4-9)16-11(18)12(2)7-13(12,14)15/h3-6H,7H2,1-2H3,(H,16,18)/t12-/m1/s1. The molecule has 0 bridgehead atoms. The summed E-state index contributed by atoms with van der Waals surface area (Å²) in [4.78, 5) is 23.1. The second kappa shape index (κ2) is 4.25. The fourth-order valence-corrected chi connectivity index (χ4v) is 2.41. The first-order chi connectivity index (χ1) is 8.26. The van der Waals surface area contributed by atoms with Crippen LogP contribution in [0.4, 0.5) is 5.69 Å². The molecule has 0 unspecified atom stereocenters. The van der Waals surface area contributed by atoms with Gasteiger partial charge in [-0.1, -0.05) is 0 Å². The summed E-state index contributed by atoms with van der Waals surface area (Å²) in [5.74, 6) is -0.217. The van der Waals surface area contributed by atoms with E-state index >= 15 is 0 Å². The van der Waals surface area contributed by atoms with Gasteiger partial charge in [-0.05, 0) is 44.5 Å². The van der Waals surface area contributed by atoms with Crippen LogP contribution in [-0.4, -0.2) is 16.0 Å². The number of ketones is 1. The summed E-state index contributed by atoms with van der Waals surface area (Å²) in [6.07, 6.45) is 0.445. The molecular weight excluding hydrogens is 273 g/mol. The molecule has 1 saturated carbocycles. The molecule has 0 spiro atoms. The lowest BCUT2D eigenvalue weighted by atomic mass is 10.1. The Labute approximate surface area is 115 Å². The van der Waals surface area contributed by atoms with Crippen LogP contribution in [0.2, 0.25) is 0 Å². The summed E-state index contributed by atoms with van der Waals surface area (Å²) in [7, 11) is 0. The molecule has 96 valence electrons. The highest BCUT2D eigenvalue weighted by atomic mass is 35.5. The number of anilines is 1. The summed E-state index contributed by atoms with van der Waals surface area (Å²) in [5.41, 5.74) is 0.493. The normalized spacial score (nSPS) is 24.4. The number of hydrogen-bond acceptors (Lipinski definition) is 2. The second-order valence-electron chi connectivity index (χ2n) is 4.80. The molecule has 1 amide bonds. The van der Waals surface area contributed by atoms with Crippen molar-refractivity contribution in [3.8, 4) is 0 Å². The highest BCUT2D eigenvalue weighted by Gasteiger charge is 2.67. The van der Waals surface area contributed by atoms with Crippen LogP contribution in [0.25, 0.3) is 0 Å². The molecule has 1 aromatic rings. The molecule has 1 aliphatic rings. The van der Waals surface area contributed by atoms with Crippen molar-refractivity contribution in [2.24, 2.45) is 5.41 Å². The van der Waals surface area contributed by atoms with Gasteiger partial charge in [-0.15, -0.1) is 23.2 Å². The summed E-state index contributed by atoms with van der Waals surface area (Å²) < 4.78 is -0.976. The third-order valence-corrected chi connectivity index (χ3v) is 4.41. The van der Waals surface area contributed by atoms with Crippen molar-refractivity contribution in [2.45, 2.75) is 24.6 Å². The first kappa shape index (κ1) is 13.4. The van der Waals surface area contributed by atoms with Gasteiger partial charge in [0.1, 0.15) is 4.33 Å². The van der Waals surface area contributed by atoms with Gasteiger partial charge in [0.05, 0.1) is 5.41 Å². The van der Waals surface area contributed by atoms with E-state index in [1.807, 2.05) is 0 Å². The Morgan fingerprint density at radius 3 is 2.11 bits per heavy atom. The van der Waals surface area contributed by atoms with Crippen LogP contribution in [0.1, 0.15) is 30.6 Å². The van der Waals surface area contributed by atoms with Crippen LogP contribution in [0.3, 0.4) is 0 Å². The molecule has 18 heavy (non-hydrogen) atoms. The van der Waals surface area contributed by atoms with E-state index in [4.69, 9.17) is 23.2 Å². The van der Waals surface area contributed by atoms with Gasteiger partial charge in [0.25, 0.3) is 0 Å². The molecule has 0 radical (unpaired) electrons. The molecule has 3 nitrogen and oxygen atoms in total. The smallest absolute Gasteiger partial charge is 0.233 e. The third-order valence-electron chi connectivity index (χ3n) is 3.31. The largest absolute Gasteiger partial charge is 0.326 e. The molecule has 0 aliphatic heterocycles. The molecule has 5 heteroatoms. The number of carbonyl (C=O) groups is 2. The average molecular weight is 286 g/mol. The zero-order valence-corrected chi connectivity index (χ0v) is 11.6. The lowest BCUT2D eigenvalue weighted by molar-refractivity contribution is -0.120. The average Bonchev–Trinajstić information content (AvgIpc) is 2.80. The van der Waals surface area contributed by atoms with Crippen molar-refractivity contribution in [3.05, 3.63) is 29.8 Å². The van der Waals surface area contributed by atoms with E-state index in [1.165, 1.54) is 6.92 Å². The summed E-state index contributed by atoms with van der Waals surface area (Å²) in [6, 6.07) is 6.71. The maximum Gasteiger partial charge on any atom is 0.233 e. The zero-order valence-electron chi connectivity index (χ0n) is 10.1. The van der Waals surface area contributed by atoms with E-state index in [0.29, 0.717) is 17.7 Å². The molecular formula is C13H13Cl2NO2. The number of Topliss-reactive ketones (excluding diaryl/α,β-unsaturated/α-hetero) is 1. The quantitative estimate of drug-likeness (QED) is 0.683. The Hall–Kier alpha value is -1.06. The maximum atomic E-state index is 12.0. The van der Waals surface area contributed by atoms with E-state index in [1.54, 1.807) is 31.2 Å². The van der Waals surface area contributed by atoms with Crippen LogP contribution in [0.5, 0.6) is 0 Å². The van der Waals surface area contributed by atoms with E-state index < -0.39 is 9.75 Å². The highest BCUT2D eigenvalue weighted by Crippen LogP contribution is 2.64. The number of hydrogen-bond donors (Lipinski definition) is 1. The van der Waals surface area contributed by atoms with Crippen molar-refractivity contribution < 1.29 is 9.59 Å². The van der Waals surface area contributed by atoms with Gasteiger partial charge < -0.3 is 5.32 Å². The summed E-state index contributed by atoms with van der Waals surface area (Å²) in [5, 5.41) is 2.75. The van der Waals surface area contributed by atoms with E-state index in [-0.39, 0.29) is 11.7 Å². The molecule has 0 aromatic heterocycles. The lowest BCUT2D eigenvalue weighted by Crippen LogP contribution is -2.25. The van der Waals surface area contributed by atoms with Crippen LogP contribution in [0.15, 0.2) is 24.3 Å². The molecule has 1 N–H and O–H groups in total. The minimum atomic E-state index is -0.976. The molecule has 1 fully saturated rings. The van der Waals surface area contributed by atoms with Crippen molar-refractivity contribution in [1.82, 2.24) is 0 Å². The maximum absolute atomic E-state index is 12.0. The first-order valence-corrected chi connectivity index (χ1v) is 6.32. The SMILES string of the molecule is CC(=O)c1ccc(NC(=O)[C@@]2(C)CC2(Cl)Cl)cc1. The number of alkyl halides is 2. The van der Waals surface area contributed by atoms with Gasteiger partial charge in [-0.25, -0.2) is 0 Å². The topological polar surface area (TPSA) is 46.2 Å². The minimum Gasteiger partial charge on any atom is -0.326 e. The second-order valence-corrected chi connectivity index (χ2v) is 6.28. The Bertz CT molecular complexity index is 510. The van der Waals surface area contributed by atoms with Crippen molar-refractivity contribution in [1.29, 1.82) is 0 Å². The molecule has 0 saturated heterocycles. The number of nitrogens with one attached hydrogen (secondary N) is 1. The van der Waals surface area contributed by atoms with Crippen LogP contribution in [0, 0.1) is 5.41 Å². The van der Waals surface area contributed by atoms with E-state index in [0.717, 1.165) is 0 Å². The Morgan fingerprint density at radius 2 is 1.72 bits per heavy atom. The predicted molar refractivity (Wildman–Crippen MR) is 72.2 cm³/mol. The zero-order chi connectivity index (χ0) is 13.6.